The molecule has 41 heavy (non-hydrogen) atoms. The molecule has 0 atom stereocenters. The molecule has 0 spiro atoms. The molecule has 0 aliphatic carbocycles. The van der Waals surface area contributed by atoms with E-state index in [9.17, 15) is 13.2 Å². The highest BCUT2D eigenvalue weighted by molar-refractivity contribution is 7.92. The van der Waals surface area contributed by atoms with Crippen molar-refractivity contribution in [3.05, 3.63) is 149 Å². The molecule has 5 aromatic carbocycles. The van der Waals surface area contributed by atoms with Crippen LogP contribution in [0.15, 0.2) is 132 Å². The topological polar surface area (TPSA) is 75.7 Å². The fraction of sp³-hybridized carbons (Fsp3) is 0.0606. The van der Waals surface area contributed by atoms with Crippen LogP contribution in [-0.2, 0) is 16.6 Å². The monoisotopic (exact) mass is 582 g/mol. The quantitative estimate of drug-likeness (QED) is 0.190. The minimum Gasteiger partial charge on any atom is -0.455 e. The third-order valence-electron chi connectivity index (χ3n) is 6.36. The summed E-state index contributed by atoms with van der Waals surface area (Å²) in [5, 5.41) is 3.28. The standard InChI is InChI=1S/C33H27ClN2O4S/c1-24-16-19-28(20-17-24)41(38,39)36(23-25-10-4-2-5-11-25)31-15-9-8-14-29(31)33(37)35-30-22-26(34)18-21-32(30)40-27-12-6-3-7-13-27/h2-22H,23H2,1H3,(H,35,37). The first-order chi connectivity index (χ1) is 19.8. The smallest absolute Gasteiger partial charge is 0.264 e. The van der Waals surface area contributed by atoms with Gasteiger partial charge in [0.2, 0.25) is 0 Å². The predicted octanol–water partition coefficient (Wildman–Crippen LogP) is 8.09. The molecule has 0 aliphatic rings. The number of sulfonamides is 1. The van der Waals surface area contributed by atoms with E-state index in [0.29, 0.717) is 22.2 Å². The lowest BCUT2D eigenvalue weighted by Crippen LogP contribution is -2.32. The van der Waals surface area contributed by atoms with Crippen LogP contribution in [0.2, 0.25) is 5.02 Å². The summed E-state index contributed by atoms with van der Waals surface area (Å²) in [5.74, 6) is 0.460. The van der Waals surface area contributed by atoms with Gasteiger partial charge in [-0.15, -0.1) is 0 Å². The minimum absolute atomic E-state index is 0.0286. The largest absolute Gasteiger partial charge is 0.455 e. The Morgan fingerprint density at radius 1 is 0.805 bits per heavy atom. The number of anilines is 2. The Morgan fingerprint density at radius 3 is 2.15 bits per heavy atom. The number of halogens is 1. The summed E-state index contributed by atoms with van der Waals surface area (Å²) in [6.07, 6.45) is 0. The van der Waals surface area contributed by atoms with Gasteiger partial charge < -0.3 is 10.1 Å². The van der Waals surface area contributed by atoms with Crippen molar-refractivity contribution < 1.29 is 17.9 Å². The van der Waals surface area contributed by atoms with Gasteiger partial charge in [-0.2, -0.15) is 0 Å². The second-order valence-corrected chi connectivity index (χ2v) is 11.6. The van der Waals surface area contributed by atoms with Gasteiger partial charge in [-0.25, -0.2) is 8.42 Å². The van der Waals surface area contributed by atoms with Crippen LogP contribution in [0.3, 0.4) is 0 Å². The van der Waals surface area contributed by atoms with Crippen molar-refractivity contribution in [2.24, 2.45) is 0 Å². The first-order valence-electron chi connectivity index (χ1n) is 12.9. The number of nitrogens with one attached hydrogen (secondary N) is 1. The van der Waals surface area contributed by atoms with Crippen LogP contribution < -0.4 is 14.4 Å². The van der Waals surface area contributed by atoms with Crippen molar-refractivity contribution in [3.63, 3.8) is 0 Å². The Hall–Kier alpha value is -4.59. The number of carbonyl (C=O) groups is 1. The van der Waals surface area contributed by atoms with Crippen LogP contribution >= 0.6 is 11.6 Å². The molecule has 6 nitrogen and oxygen atoms in total. The Kier molecular flexibility index (Phi) is 8.38. The zero-order valence-electron chi connectivity index (χ0n) is 22.2. The molecule has 206 valence electrons. The lowest BCUT2D eigenvalue weighted by molar-refractivity contribution is 0.102. The third-order valence-corrected chi connectivity index (χ3v) is 8.37. The molecule has 0 aliphatic heterocycles. The van der Waals surface area contributed by atoms with E-state index < -0.39 is 15.9 Å². The molecule has 5 aromatic rings. The highest BCUT2D eigenvalue weighted by Crippen LogP contribution is 2.34. The van der Waals surface area contributed by atoms with Crippen LogP contribution in [0, 0.1) is 6.92 Å². The van der Waals surface area contributed by atoms with Gasteiger partial charge in [0.05, 0.1) is 28.4 Å². The van der Waals surface area contributed by atoms with Gasteiger partial charge in [-0.1, -0.05) is 90.0 Å². The molecule has 0 aromatic heterocycles. The number of ether oxygens (including phenoxy) is 1. The number of nitrogens with zero attached hydrogens (tertiary/aromatic N) is 1. The van der Waals surface area contributed by atoms with Gasteiger partial charge >= 0.3 is 0 Å². The molecule has 8 heteroatoms. The highest BCUT2D eigenvalue weighted by atomic mass is 35.5. The van der Waals surface area contributed by atoms with E-state index in [1.807, 2.05) is 55.5 Å². The third kappa shape index (κ3) is 6.60. The maximum absolute atomic E-state index is 14.0. The van der Waals surface area contributed by atoms with Gasteiger partial charge in [0.25, 0.3) is 15.9 Å². The fourth-order valence-electron chi connectivity index (χ4n) is 4.26. The van der Waals surface area contributed by atoms with E-state index in [4.69, 9.17) is 16.3 Å². The average Bonchev–Trinajstić information content (AvgIpc) is 2.98. The molecule has 0 bridgehead atoms. The van der Waals surface area contributed by atoms with E-state index >= 15 is 0 Å². The molecule has 0 saturated carbocycles. The average molecular weight is 583 g/mol. The van der Waals surface area contributed by atoms with E-state index in [1.54, 1.807) is 78.9 Å². The van der Waals surface area contributed by atoms with Crippen molar-refractivity contribution in [1.82, 2.24) is 0 Å². The molecular formula is C33H27ClN2O4S. The van der Waals surface area contributed by atoms with E-state index in [2.05, 4.69) is 5.32 Å². The SMILES string of the molecule is Cc1ccc(S(=O)(=O)N(Cc2ccccc2)c2ccccc2C(=O)Nc2cc(Cl)ccc2Oc2ccccc2)cc1. The summed E-state index contributed by atoms with van der Waals surface area (Å²) in [7, 11) is -4.05. The summed E-state index contributed by atoms with van der Waals surface area (Å²) in [6.45, 7) is 1.92. The second-order valence-electron chi connectivity index (χ2n) is 9.34. The highest BCUT2D eigenvalue weighted by Gasteiger charge is 2.29. The first-order valence-corrected chi connectivity index (χ1v) is 14.7. The van der Waals surface area contributed by atoms with Crippen molar-refractivity contribution in [2.75, 3.05) is 9.62 Å². The van der Waals surface area contributed by atoms with Crippen molar-refractivity contribution in [1.29, 1.82) is 0 Å². The molecule has 5 rings (SSSR count). The van der Waals surface area contributed by atoms with E-state index in [0.717, 1.165) is 11.1 Å². The van der Waals surface area contributed by atoms with Crippen LogP contribution in [0.4, 0.5) is 11.4 Å². The Balaban J connectivity index is 1.54. The Morgan fingerprint density at radius 2 is 1.44 bits per heavy atom. The summed E-state index contributed by atoms with van der Waals surface area (Å²) in [6, 6.07) is 36.6. The molecule has 0 saturated heterocycles. The van der Waals surface area contributed by atoms with E-state index in [1.165, 1.54) is 4.31 Å². The van der Waals surface area contributed by atoms with Crippen molar-refractivity contribution in [2.45, 2.75) is 18.4 Å². The molecule has 0 heterocycles. The lowest BCUT2D eigenvalue weighted by Gasteiger charge is -2.27. The van der Waals surface area contributed by atoms with Crippen LogP contribution in [-0.4, -0.2) is 14.3 Å². The van der Waals surface area contributed by atoms with Crippen LogP contribution in [0.1, 0.15) is 21.5 Å². The Bertz CT molecular complexity index is 1760. The number of hydrogen-bond donors (Lipinski definition) is 1. The first kappa shape index (κ1) is 28.0. The molecule has 0 radical (unpaired) electrons. The number of para-hydroxylation sites is 2. The summed E-state index contributed by atoms with van der Waals surface area (Å²) in [5.41, 5.74) is 2.46. The number of benzene rings is 5. The van der Waals surface area contributed by atoms with Gasteiger partial charge in [0.15, 0.2) is 5.75 Å². The fourth-order valence-corrected chi connectivity index (χ4v) is 5.91. The van der Waals surface area contributed by atoms with Gasteiger partial charge in [-0.05, 0) is 67.1 Å². The maximum atomic E-state index is 14.0. The van der Waals surface area contributed by atoms with E-state index in [-0.39, 0.29) is 22.7 Å². The van der Waals surface area contributed by atoms with Crippen LogP contribution in [0.5, 0.6) is 11.5 Å². The summed E-state index contributed by atoms with van der Waals surface area (Å²) in [4.78, 5) is 13.9. The minimum atomic E-state index is -4.05. The normalized spacial score (nSPS) is 11.1. The van der Waals surface area contributed by atoms with Crippen molar-refractivity contribution >= 4 is 38.9 Å². The second kappa shape index (κ2) is 12.3. The molecule has 0 fully saturated rings. The molecule has 0 unspecified atom stereocenters. The molecule has 1 amide bonds. The number of carbonyl (C=O) groups excluding carboxylic acids is 1. The molecule has 1 N–H and O–H groups in total. The van der Waals surface area contributed by atoms with Gasteiger partial charge in [0, 0.05) is 5.02 Å². The predicted molar refractivity (Wildman–Crippen MR) is 163 cm³/mol. The van der Waals surface area contributed by atoms with Crippen molar-refractivity contribution in [3.8, 4) is 11.5 Å². The number of amides is 1. The lowest BCUT2D eigenvalue weighted by atomic mass is 10.1. The zero-order chi connectivity index (χ0) is 28.8. The summed E-state index contributed by atoms with van der Waals surface area (Å²) < 4.78 is 35.3. The number of rotatable bonds is 9. The molecular weight excluding hydrogens is 556 g/mol. The number of aryl methyl sites for hydroxylation is 1. The maximum Gasteiger partial charge on any atom is 0.264 e. The van der Waals surface area contributed by atoms with Gasteiger partial charge in [0.1, 0.15) is 5.75 Å². The van der Waals surface area contributed by atoms with Gasteiger partial charge in [-0.3, -0.25) is 9.10 Å². The zero-order valence-corrected chi connectivity index (χ0v) is 23.8. The summed E-state index contributed by atoms with van der Waals surface area (Å²) >= 11 is 6.27. The number of hydrogen-bond acceptors (Lipinski definition) is 4. The van der Waals surface area contributed by atoms with Crippen LogP contribution in [0.25, 0.3) is 0 Å². The Labute approximate surface area is 244 Å².